The summed E-state index contributed by atoms with van der Waals surface area (Å²) in [6.07, 6.45) is 14.0. The van der Waals surface area contributed by atoms with E-state index in [2.05, 4.69) is 22.6 Å². The minimum absolute atomic E-state index is 0.356. The van der Waals surface area contributed by atoms with E-state index in [4.69, 9.17) is 9.41 Å². The van der Waals surface area contributed by atoms with Crippen LogP contribution >= 0.6 is 22.6 Å². The van der Waals surface area contributed by atoms with Gasteiger partial charge >= 0.3 is 0 Å². The Morgan fingerprint density at radius 2 is 1.83 bits per heavy atom. The van der Waals surface area contributed by atoms with Gasteiger partial charge in [0.05, 0.1) is 3.57 Å². The average molecular weight is 437 g/mol. The Labute approximate surface area is 156 Å². The first-order valence-corrected chi connectivity index (χ1v) is 10.3. The van der Waals surface area contributed by atoms with Crippen LogP contribution in [0.15, 0.2) is 15.5 Å². The second kappa shape index (κ2) is 7.06. The van der Waals surface area contributed by atoms with Gasteiger partial charge in [0.25, 0.3) is 0 Å². The van der Waals surface area contributed by atoms with E-state index in [9.17, 15) is 5.11 Å². The van der Waals surface area contributed by atoms with Gasteiger partial charge < -0.3 is 9.52 Å². The molecule has 1 N–H and O–H groups in total. The number of rotatable bonds is 2. The molecule has 2 aliphatic carbocycles. The van der Waals surface area contributed by atoms with Crippen molar-refractivity contribution in [3.8, 4) is 5.75 Å². The molecular weight excluding hydrogens is 413 g/mol. The van der Waals surface area contributed by atoms with Gasteiger partial charge in [-0.25, -0.2) is 0 Å². The summed E-state index contributed by atoms with van der Waals surface area (Å²) >= 11 is 2.19. The standard InChI is InChI=1S/C20H24INO2/c21-16-11-18-19(14-9-5-6-10-17(14)24-18)15(20(16)23)12-22-13-7-3-1-2-4-8-13/h11-13,23H,1-10H2. The number of halogens is 1. The van der Waals surface area contributed by atoms with E-state index in [-0.39, 0.29) is 0 Å². The maximum absolute atomic E-state index is 10.7. The largest absolute Gasteiger partial charge is 0.506 e. The molecule has 24 heavy (non-hydrogen) atoms. The third kappa shape index (κ3) is 3.09. The summed E-state index contributed by atoms with van der Waals surface area (Å²) in [6.45, 7) is 0. The number of phenols is 1. The molecular formula is C20H24INO2. The Morgan fingerprint density at radius 3 is 2.62 bits per heavy atom. The molecule has 0 amide bonds. The number of aromatic hydroxyl groups is 1. The van der Waals surface area contributed by atoms with E-state index in [0.29, 0.717) is 11.8 Å². The van der Waals surface area contributed by atoms with Crippen LogP contribution in [0.3, 0.4) is 0 Å². The zero-order valence-corrected chi connectivity index (χ0v) is 16.1. The number of hydrogen-bond acceptors (Lipinski definition) is 3. The van der Waals surface area contributed by atoms with Crippen LogP contribution in [0.2, 0.25) is 0 Å². The molecule has 3 nitrogen and oxygen atoms in total. The predicted octanol–water partition coefficient (Wildman–Crippen LogP) is 5.76. The predicted molar refractivity (Wildman–Crippen MR) is 106 cm³/mol. The molecule has 4 heteroatoms. The SMILES string of the molecule is Oc1c(I)cc2oc3c(c2c1C=NC1CCCCCC1)CCCC3. The molecule has 1 heterocycles. The van der Waals surface area contributed by atoms with Gasteiger partial charge in [-0.1, -0.05) is 25.7 Å². The lowest BCUT2D eigenvalue weighted by atomic mass is 9.94. The summed E-state index contributed by atoms with van der Waals surface area (Å²) in [5, 5.41) is 11.8. The fourth-order valence-electron chi connectivity index (χ4n) is 4.13. The minimum Gasteiger partial charge on any atom is -0.506 e. The molecule has 4 rings (SSSR count). The van der Waals surface area contributed by atoms with Crippen molar-refractivity contribution < 1.29 is 9.52 Å². The second-order valence-electron chi connectivity index (χ2n) is 7.13. The Bertz CT molecular complexity index is 770. The van der Waals surface area contributed by atoms with Gasteiger partial charge in [0.2, 0.25) is 0 Å². The third-order valence-electron chi connectivity index (χ3n) is 5.45. The van der Waals surface area contributed by atoms with Gasteiger partial charge in [0, 0.05) is 35.2 Å². The molecule has 0 saturated heterocycles. The van der Waals surface area contributed by atoms with Gasteiger partial charge in [-0.2, -0.15) is 0 Å². The van der Waals surface area contributed by atoms with Crippen LogP contribution in [0.25, 0.3) is 11.0 Å². The lowest BCUT2D eigenvalue weighted by Crippen LogP contribution is -2.04. The molecule has 1 saturated carbocycles. The molecule has 0 spiro atoms. The molecule has 1 aromatic heterocycles. The number of aliphatic imine (C=N–C) groups is 1. The molecule has 0 bridgehead atoms. The first-order chi connectivity index (χ1) is 11.7. The molecule has 1 aromatic carbocycles. The van der Waals surface area contributed by atoms with Crippen molar-refractivity contribution in [2.24, 2.45) is 4.99 Å². The number of aryl methyl sites for hydroxylation is 2. The van der Waals surface area contributed by atoms with E-state index in [1.54, 1.807) is 0 Å². The number of fused-ring (bicyclic) bond motifs is 3. The van der Waals surface area contributed by atoms with Crippen molar-refractivity contribution in [3.05, 3.63) is 26.5 Å². The van der Waals surface area contributed by atoms with Crippen molar-refractivity contribution in [1.82, 2.24) is 0 Å². The van der Waals surface area contributed by atoms with Crippen molar-refractivity contribution in [2.45, 2.75) is 70.3 Å². The van der Waals surface area contributed by atoms with Crippen LogP contribution in [0.5, 0.6) is 5.75 Å². The van der Waals surface area contributed by atoms with Crippen LogP contribution in [-0.4, -0.2) is 17.4 Å². The summed E-state index contributed by atoms with van der Waals surface area (Å²) in [5.41, 5.74) is 3.07. The topological polar surface area (TPSA) is 45.7 Å². The Hall–Kier alpha value is -1.04. The van der Waals surface area contributed by atoms with E-state index in [1.807, 2.05) is 12.3 Å². The van der Waals surface area contributed by atoms with E-state index in [1.165, 1.54) is 56.9 Å². The highest BCUT2D eigenvalue weighted by molar-refractivity contribution is 14.1. The highest BCUT2D eigenvalue weighted by Crippen LogP contribution is 2.39. The molecule has 128 valence electrons. The van der Waals surface area contributed by atoms with Crippen LogP contribution in [0.4, 0.5) is 0 Å². The zero-order valence-electron chi connectivity index (χ0n) is 14.0. The summed E-state index contributed by atoms with van der Waals surface area (Å²) in [6, 6.07) is 2.37. The Balaban J connectivity index is 1.77. The average Bonchev–Trinajstić information content (AvgIpc) is 2.77. The number of benzene rings is 1. The van der Waals surface area contributed by atoms with Crippen LogP contribution < -0.4 is 0 Å². The lowest BCUT2D eigenvalue weighted by molar-refractivity contribution is 0.470. The van der Waals surface area contributed by atoms with E-state index in [0.717, 1.165) is 38.7 Å². The van der Waals surface area contributed by atoms with E-state index < -0.39 is 0 Å². The quantitative estimate of drug-likeness (QED) is 0.369. The van der Waals surface area contributed by atoms with Crippen LogP contribution in [0, 0.1) is 3.57 Å². The van der Waals surface area contributed by atoms with Crippen molar-refractivity contribution in [1.29, 1.82) is 0 Å². The summed E-state index contributed by atoms with van der Waals surface area (Å²) in [7, 11) is 0. The second-order valence-corrected chi connectivity index (χ2v) is 8.29. The lowest BCUT2D eigenvalue weighted by Gasteiger charge is -2.11. The van der Waals surface area contributed by atoms with Gasteiger partial charge in [-0.05, 0) is 60.8 Å². The fourth-order valence-corrected chi connectivity index (χ4v) is 4.70. The first-order valence-electron chi connectivity index (χ1n) is 9.23. The number of nitrogens with zero attached hydrogens (tertiary/aromatic N) is 1. The number of furan rings is 1. The van der Waals surface area contributed by atoms with Gasteiger partial charge in [0.1, 0.15) is 17.1 Å². The third-order valence-corrected chi connectivity index (χ3v) is 6.27. The van der Waals surface area contributed by atoms with Crippen molar-refractivity contribution in [2.75, 3.05) is 0 Å². The number of phenolic OH excluding ortho intramolecular Hbond substituents is 1. The Morgan fingerprint density at radius 1 is 1.08 bits per heavy atom. The molecule has 0 unspecified atom stereocenters. The maximum Gasteiger partial charge on any atom is 0.138 e. The van der Waals surface area contributed by atoms with Gasteiger partial charge in [-0.15, -0.1) is 0 Å². The molecule has 2 aliphatic rings. The smallest absolute Gasteiger partial charge is 0.138 e. The van der Waals surface area contributed by atoms with E-state index >= 15 is 0 Å². The van der Waals surface area contributed by atoms with Crippen molar-refractivity contribution >= 4 is 39.8 Å². The normalized spacial score (nSPS) is 19.7. The summed E-state index contributed by atoms with van der Waals surface area (Å²) < 4.78 is 6.94. The highest BCUT2D eigenvalue weighted by atomic mass is 127. The first kappa shape index (κ1) is 16.4. The van der Waals surface area contributed by atoms with Gasteiger partial charge in [-0.3, -0.25) is 4.99 Å². The fraction of sp³-hybridized carbons (Fsp3) is 0.550. The monoisotopic (exact) mass is 437 g/mol. The molecule has 0 atom stereocenters. The minimum atomic E-state index is 0.356. The molecule has 2 aromatic rings. The van der Waals surface area contributed by atoms with Gasteiger partial charge in [0.15, 0.2) is 0 Å². The van der Waals surface area contributed by atoms with Crippen LogP contribution in [0.1, 0.15) is 68.3 Å². The molecule has 0 aliphatic heterocycles. The maximum atomic E-state index is 10.7. The Kier molecular flexibility index (Phi) is 4.83. The summed E-state index contributed by atoms with van der Waals surface area (Å²) in [5.74, 6) is 1.47. The zero-order chi connectivity index (χ0) is 16.5. The molecule has 1 fully saturated rings. The van der Waals surface area contributed by atoms with Crippen molar-refractivity contribution in [3.63, 3.8) is 0 Å². The highest BCUT2D eigenvalue weighted by Gasteiger charge is 2.23. The number of hydrogen-bond donors (Lipinski definition) is 1. The summed E-state index contributed by atoms with van der Waals surface area (Å²) in [4.78, 5) is 4.86. The van der Waals surface area contributed by atoms with Crippen LogP contribution in [-0.2, 0) is 12.8 Å². The molecule has 0 radical (unpaired) electrons.